The van der Waals surface area contributed by atoms with Crippen molar-refractivity contribution in [3.8, 4) is 0 Å². The van der Waals surface area contributed by atoms with E-state index in [0.717, 1.165) is 16.8 Å². The first-order valence-corrected chi connectivity index (χ1v) is 8.38. The van der Waals surface area contributed by atoms with Crippen LogP contribution in [0.5, 0.6) is 0 Å². The van der Waals surface area contributed by atoms with Gasteiger partial charge in [-0.05, 0) is 57.9 Å². The van der Waals surface area contributed by atoms with E-state index in [1.807, 2.05) is 33.8 Å². The van der Waals surface area contributed by atoms with Crippen molar-refractivity contribution in [1.82, 2.24) is 9.78 Å². The largest absolute Gasteiger partial charge is 0.276 e. The van der Waals surface area contributed by atoms with E-state index in [1.54, 1.807) is 23.7 Å². The molecule has 0 amide bonds. The maximum Gasteiger partial charge on any atom is 0.262 e. The Morgan fingerprint density at radius 1 is 1.14 bits per heavy atom. The Morgan fingerprint density at radius 2 is 1.81 bits per heavy atom. The minimum Gasteiger partial charge on any atom is -0.276 e. The van der Waals surface area contributed by atoms with Crippen molar-refractivity contribution in [2.75, 3.05) is 4.72 Å². The van der Waals surface area contributed by atoms with Gasteiger partial charge in [-0.1, -0.05) is 6.07 Å². The molecule has 1 N–H and O–H groups in total. The molecule has 0 saturated carbocycles. The smallest absolute Gasteiger partial charge is 0.262 e. The Bertz CT molecular complexity index is 776. The molecule has 1 aromatic carbocycles. The van der Waals surface area contributed by atoms with Crippen molar-refractivity contribution in [3.05, 3.63) is 40.7 Å². The number of anilines is 1. The number of benzene rings is 1. The van der Waals surface area contributed by atoms with Crippen LogP contribution in [-0.4, -0.2) is 18.2 Å². The quantitative estimate of drug-likeness (QED) is 0.944. The second-order valence-electron chi connectivity index (χ2n) is 5.21. The summed E-state index contributed by atoms with van der Waals surface area (Å²) in [6.07, 6.45) is 0. The van der Waals surface area contributed by atoms with Crippen molar-refractivity contribution < 1.29 is 8.42 Å². The van der Waals surface area contributed by atoms with E-state index in [9.17, 15) is 8.42 Å². The highest BCUT2D eigenvalue weighted by Gasteiger charge is 2.19. The van der Waals surface area contributed by atoms with E-state index in [4.69, 9.17) is 0 Å². The molecule has 0 bridgehead atoms. The summed E-state index contributed by atoms with van der Waals surface area (Å²) in [5.41, 5.74) is 4.09. The van der Waals surface area contributed by atoms with Gasteiger partial charge in [0.1, 0.15) is 0 Å². The first-order valence-electron chi connectivity index (χ1n) is 6.90. The number of aryl methyl sites for hydroxylation is 4. The van der Waals surface area contributed by atoms with Crippen LogP contribution in [0.15, 0.2) is 23.1 Å². The lowest BCUT2D eigenvalue weighted by Gasteiger charge is -2.10. The van der Waals surface area contributed by atoms with Gasteiger partial charge in [-0.3, -0.25) is 9.40 Å². The fourth-order valence-corrected chi connectivity index (χ4v) is 3.49. The normalized spacial score (nSPS) is 11.7. The van der Waals surface area contributed by atoms with E-state index in [2.05, 4.69) is 9.82 Å². The first-order chi connectivity index (χ1) is 9.76. The molecule has 0 atom stereocenters. The molecule has 2 aromatic rings. The van der Waals surface area contributed by atoms with Gasteiger partial charge < -0.3 is 0 Å². The van der Waals surface area contributed by atoms with Crippen molar-refractivity contribution >= 4 is 15.7 Å². The van der Waals surface area contributed by atoms with Gasteiger partial charge in [-0.2, -0.15) is 5.10 Å². The minimum atomic E-state index is -3.60. The molecule has 1 aromatic heterocycles. The summed E-state index contributed by atoms with van der Waals surface area (Å²) in [6, 6.07) is 5.13. The molecular formula is C15H21N3O2S. The molecule has 6 heteroatoms. The van der Waals surface area contributed by atoms with Gasteiger partial charge in [0.2, 0.25) is 0 Å². The van der Waals surface area contributed by atoms with Gasteiger partial charge in [0.25, 0.3) is 10.0 Å². The second kappa shape index (κ2) is 5.52. The van der Waals surface area contributed by atoms with Crippen LogP contribution in [-0.2, 0) is 16.6 Å². The summed E-state index contributed by atoms with van der Waals surface area (Å²) in [7, 11) is -3.60. The van der Waals surface area contributed by atoms with E-state index in [1.165, 1.54) is 0 Å². The molecular weight excluding hydrogens is 286 g/mol. The van der Waals surface area contributed by atoms with Crippen LogP contribution in [0.25, 0.3) is 0 Å². The summed E-state index contributed by atoms with van der Waals surface area (Å²) in [6.45, 7) is 10.2. The fraction of sp³-hybridized carbons (Fsp3) is 0.400. The maximum absolute atomic E-state index is 12.5. The molecule has 0 aliphatic rings. The zero-order chi connectivity index (χ0) is 15.8. The zero-order valence-corrected chi connectivity index (χ0v) is 13.9. The highest BCUT2D eigenvalue weighted by atomic mass is 32.2. The number of nitrogens with zero attached hydrogens (tertiary/aromatic N) is 2. The average molecular weight is 307 g/mol. The van der Waals surface area contributed by atoms with E-state index in [0.29, 0.717) is 17.9 Å². The topological polar surface area (TPSA) is 64.0 Å². The SMILES string of the molecule is CCn1nc(C)c(NS(=O)(=O)c2ccc(C)c(C)c2)c1C. The first kappa shape index (κ1) is 15.6. The molecule has 0 spiro atoms. The number of aromatic nitrogens is 2. The lowest BCUT2D eigenvalue weighted by atomic mass is 10.1. The molecule has 5 nitrogen and oxygen atoms in total. The van der Waals surface area contributed by atoms with Crippen molar-refractivity contribution in [2.24, 2.45) is 0 Å². The maximum atomic E-state index is 12.5. The molecule has 114 valence electrons. The molecule has 0 aliphatic heterocycles. The number of hydrogen-bond acceptors (Lipinski definition) is 3. The fourth-order valence-electron chi connectivity index (χ4n) is 2.23. The van der Waals surface area contributed by atoms with Crippen LogP contribution in [0.2, 0.25) is 0 Å². The highest BCUT2D eigenvalue weighted by Crippen LogP contribution is 2.24. The summed E-state index contributed by atoms with van der Waals surface area (Å²) in [5.74, 6) is 0. The summed E-state index contributed by atoms with van der Waals surface area (Å²) < 4.78 is 29.5. The summed E-state index contributed by atoms with van der Waals surface area (Å²) in [5, 5.41) is 4.33. The molecule has 0 saturated heterocycles. The van der Waals surface area contributed by atoms with Crippen LogP contribution >= 0.6 is 0 Å². The predicted molar refractivity (Wildman–Crippen MR) is 84.1 cm³/mol. The molecule has 0 fully saturated rings. The lowest BCUT2D eigenvalue weighted by molar-refractivity contribution is 0.601. The van der Waals surface area contributed by atoms with E-state index in [-0.39, 0.29) is 4.90 Å². The van der Waals surface area contributed by atoms with E-state index < -0.39 is 10.0 Å². The van der Waals surface area contributed by atoms with Crippen LogP contribution in [0.3, 0.4) is 0 Å². The third-order valence-corrected chi connectivity index (χ3v) is 5.05. The van der Waals surface area contributed by atoms with Crippen LogP contribution < -0.4 is 4.72 Å². The van der Waals surface area contributed by atoms with E-state index >= 15 is 0 Å². The van der Waals surface area contributed by atoms with Crippen LogP contribution in [0, 0.1) is 27.7 Å². The molecule has 0 unspecified atom stereocenters. The monoisotopic (exact) mass is 307 g/mol. The number of sulfonamides is 1. The molecule has 2 rings (SSSR count). The standard InChI is InChI=1S/C15H21N3O2S/c1-6-18-13(5)15(12(4)16-18)17-21(19,20)14-8-7-10(2)11(3)9-14/h7-9,17H,6H2,1-5H3. The predicted octanol–water partition coefficient (Wildman–Crippen LogP) is 2.94. The Balaban J connectivity index is 2.42. The molecule has 0 radical (unpaired) electrons. The Kier molecular flexibility index (Phi) is 4.09. The third kappa shape index (κ3) is 2.95. The molecule has 0 aliphatic carbocycles. The zero-order valence-electron chi connectivity index (χ0n) is 13.1. The van der Waals surface area contributed by atoms with Crippen LogP contribution in [0.4, 0.5) is 5.69 Å². The van der Waals surface area contributed by atoms with Gasteiger partial charge in [-0.15, -0.1) is 0 Å². The van der Waals surface area contributed by atoms with Gasteiger partial charge in [-0.25, -0.2) is 8.42 Å². The lowest BCUT2D eigenvalue weighted by Crippen LogP contribution is -2.14. The highest BCUT2D eigenvalue weighted by molar-refractivity contribution is 7.92. The van der Waals surface area contributed by atoms with Gasteiger partial charge in [0.05, 0.1) is 22.0 Å². The Morgan fingerprint density at radius 3 is 2.33 bits per heavy atom. The summed E-state index contributed by atoms with van der Waals surface area (Å²) >= 11 is 0. The van der Waals surface area contributed by atoms with Crippen molar-refractivity contribution in [3.63, 3.8) is 0 Å². The Labute approximate surface area is 126 Å². The van der Waals surface area contributed by atoms with Gasteiger partial charge in [0, 0.05) is 6.54 Å². The molecule has 1 heterocycles. The third-order valence-electron chi connectivity index (χ3n) is 3.71. The second-order valence-corrected chi connectivity index (χ2v) is 6.90. The van der Waals surface area contributed by atoms with Crippen molar-refractivity contribution in [2.45, 2.75) is 46.1 Å². The van der Waals surface area contributed by atoms with Crippen LogP contribution in [0.1, 0.15) is 29.4 Å². The average Bonchev–Trinajstić information content (AvgIpc) is 2.69. The number of nitrogens with one attached hydrogen (secondary N) is 1. The van der Waals surface area contributed by atoms with Crippen molar-refractivity contribution in [1.29, 1.82) is 0 Å². The van der Waals surface area contributed by atoms with Gasteiger partial charge in [0.15, 0.2) is 0 Å². The summed E-state index contributed by atoms with van der Waals surface area (Å²) in [4.78, 5) is 0.272. The molecule has 21 heavy (non-hydrogen) atoms. The Hall–Kier alpha value is -1.82. The number of rotatable bonds is 4. The number of hydrogen-bond donors (Lipinski definition) is 1. The van der Waals surface area contributed by atoms with Gasteiger partial charge >= 0.3 is 0 Å². The minimum absolute atomic E-state index is 0.272.